The number of aryl methyl sites for hydroxylation is 2. The van der Waals surface area contributed by atoms with Crippen molar-refractivity contribution in [2.45, 2.75) is 26.8 Å². The van der Waals surface area contributed by atoms with Crippen molar-refractivity contribution in [3.63, 3.8) is 0 Å². The van der Waals surface area contributed by atoms with E-state index in [4.69, 9.17) is 4.42 Å². The Kier molecular flexibility index (Phi) is 3.23. The molecule has 0 aliphatic heterocycles. The molecule has 1 unspecified atom stereocenters. The SMILES string of the molecule is Cc1ccc(NC(C)c2cc3ccccc3o2)cc1C. The molecule has 0 spiro atoms. The van der Waals surface area contributed by atoms with E-state index in [9.17, 15) is 0 Å². The number of nitrogens with one attached hydrogen (secondary N) is 1. The maximum absolute atomic E-state index is 5.89. The molecule has 0 aliphatic rings. The third-order valence-corrected chi connectivity index (χ3v) is 3.76. The molecule has 0 saturated heterocycles. The molecule has 0 radical (unpaired) electrons. The lowest BCUT2D eigenvalue weighted by atomic mass is 10.1. The fourth-order valence-electron chi connectivity index (χ4n) is 2.37. The van der Waals surface area contributed by atoms with Gasteiger partial charge in [0.2, 0.25) is 0 Å². The Bertz CT molecular complexity index is 709. The van der Waals surface area contributed by atoms with Crippen molar-refractivity contribution in [1.82, 2.24) is 0 Å². The molecule has 102 valence electrons. The van der Waals surface area contributed by atoms with E-state index in [1.54, 1.807) is 0 Å². The second-order valence-electron chi connectivity index (χ2n) is 5.35. The van der Waals surface area contributed by atoms with Crippen molar-refractivity contribution in [2.75, 3.05) is 5.32 Å². The molecule has 3 aromatic rings. The summed E-state index contributed by atoms with van der Waals surface area (Å²) < 4.78 is 5.89. The van der Waals surface area contributed by atoms with Gasteiger partial charge in [-0.05, 0) is 56.2 Å². The molecule has 1 heterocycles. The lowest BCUT2D eigenvalue weighted by molar-refractivity contribution is 0.526. The Labute approximate surface area is 119 Å². The molecule has 2 heteroatoms. The van der Waals surface area contributed by atoms with Crippen molar-refractivity contribution in [2.24, 2.45) is 0 Å². The van der Waals surface area contributed by atoms with Crippen molar-refractivity contribution in [3.8, 4) is 0 Å². The van der Waals surface area contributed by atoms with Crippen LogP contribution < -0.4 is 5.32 Å². The molecule has 1 aromatic heterocycles. The Morgan fingerprint density at radius 2 is 1.75 bits per heavy atom. The van der Waals surface area contributed by atoms with Crippen LogP contribution >= 0.6 is 0 Å². The van der Waals surface area contributed by atoms with E-state index in [0.717, 1.165) is 22.4 Å². The highest BCUT2D eigenvalue weighted by Crippen LogP contribution is 2.26. The van der Waals surface area contributed by atoms with E-state index in [1.807, 2.05) is 18.2 Å². The third-order valence-electron chi connectivity index (χ3n) is 3.76. The topological polar surface area (TPSA) is 25.2 Å². The van der Waals surface area contributed by atoms with Crippen LogP contribution in [0.5, 0.6) is 0 Å². The van der Waals surface area contributed by atoms with Gasteiger partial charge in [0.05, 0.1) is 6.04 Å². The van der Waals surface area contributed by atoms with Gasteiger partial charge < -0.3 is 9.73 Å². The smallest absolute Gasteiger partial charge is 0.134 e. The number of hydrogen-bond donors (Lipinski definition) is 1. The van der Waals surface area contributed by atoms with Gasteiger partial charge in [-0.3, -0.25) is 0 Å². The van der Waals surface area contributed by atoms with E-state index >= 15 is 0 Å². The van der Waals surface area contributed by atoms with Crippen molar-refractivity contribution in [1.29, 1.82) is 0 Å². The Balaban J connectivity index is 1.84. The van der Waals surface area contributed by atoms with Crippen LogP contribution in [0, 0.1) is 13.8 Å². The van der Waals surface area contributed by atoms with Gasteiger partial charge in [-0.15, -0.1) is 0 Å². The minimum absolute atomic E-state index is 0.143. The predicted octanol–water partition coefficient (Wildman–Crippen LogP) is 5.22. The summed E-state index contributed by atoms with van der Waals surface area (Å²) in [6.07, 6.45) is 0. The van der Waals surface area contributed by atoms with E-state index in [2.05, 4.69) is 56.4 Å². The molecule has 0 saturated carbocycles. The summed E-state index contributed by atoms with van der Waals surface area (Å²) in [5, 5.41) is 4.64. The molecule has 0 fully saturated rings. The lowest BCUT2D eigenvalue weighted by Crippen LogP contribution is -2.05. The van der Waals surface area contributed by atoms with Crippen molar-refractivity contribution < 1.29 is 4.42 Å². The summed E-state index contributed by atoms with van der Waals surface area (Å²) >= 11 is 0. The zero-order valence-corrected chi connectivity index (χ0v) is 12.1. The van der Waals surface area contributed by atoms with Gasteiger partial charge in [0.1, 0.15) is 11.3 Å². The fraction of sp³-hybridized carbons (Fsp3) is 0.222. The van der Waals surface area contributed by atoms with Gasteiger partial charge in [0.15, 0.2) is 0 Å². The highest BCUT2D eigenvalue weighted by Gasteiger charge is 2.11. The Morgan fingerprint density at radius 3 is 2.50 bits per heavy atom. The number of fused-ring (bicyclic) bond motifs is 1. The monoisotopic (exact) mass is 265 g/mol. The molecule has 0 bridgehead atoms. The average Bonchev–Trinajstić information content (AvgIpc) is 2.87. The van der Waals surface area contributed by atoms with Gasteiger partial charge in [0, 0.05) is 11.1 Å². The largest absolute Gasteiger partial charge is 0.459 e. The van der Waals surface area contributed by atoms with Crippen LogP contribution in [0.1, 0.15) is 29.9 Å². The highest BCUT2D eigenvalue weighted by atomic mass is 16.3. The number of furan rings is 1. The number of hydrogen-bond acceptors (Lipinski definition) is 2. The van der Waals surface area contributed by atoms with E-state index < -0.39 is 0 Å². The van der Waals surface area contributed by atoms with Gasteiger partial charge in [-0.1, -0.05) is 24.3 Å². The van der Waals surface area contributed by atoms with Gasteiger partial charge >= 0.3 is 0 Å². The third kappa shape index (κ3) is 2.42. The Morgan fingerprint density at radius 1 is 0.950 bits per heavy atom. The second-order valence-corrected chi connectivity index (χ2v) is 5.35. The van der Waals surface area contributed by atoms with Gasteiger partial charge in [-0.2, -0.15) is 0 Å². The number of rotatable bonds is 3. The van der Waals surface area contributed by atoms with Crippen LogP contribution in [-0.4, -0.2) is 0 Å². The van der Waals surface area contributed by atoms with E-state index in [-0.39, 0.29) is 6.04 Å². The van der Waals surface area contributed by atoms with Crippen molar-refractivity contribution >= 4 is 16.7 Å². The first-order chi connectivity index (χ1) is 9.63. The minimum Gasteiger partial charge on any atom is -0.459 e. The standard InChI is InChI=1S/C18H19NO/c1-12-8-9-16(10-13(12)2)19-14(3)18-11-15-6-4-5-7-17(15)20-18/h4-11,14,19H,1-3H3. The second kappa shape index (κ2) is 5.04. The van der Waals surface area contributed by atoms with E-state index in [0.29, 0.717) is 0 Å². The molecular weight excluding hydrogens is 246 g/mol. The summed E-state index contributed by atoms with van der Waals surface area (Å²) in [5.41, 5.74) is 4.68. The average molecular weight is 265 g/mol. The summed E-state index contributed by atoms with van der Waals surface area (Å²) in [6.45, 7) is 6.38. The Hall–Kier alpha value is -2.22. The first-order valence-electron chi connectivity index (χ1n) is 6.96. The molecule has 2 nitrogen and oxygen atoms in total. The molecule has 2 aromatic carbocycles. The van der Waals surface area contributed by atoms with Crippen LogP contribution in [-0.2, 0) is 0 Å². The molecule has 1 atom stereocenters. The summed E-state index contributed by atoms with van der Waals surface area (Å²) in [4.78, 5) is 0. The quantitative estimate of drug-likeness (QED) is 0.702. The van der Waals surface area contributed by atoms with Gasteiger partial charge in [-0.25, -0.2) is 0 Å². The predicted molar refractivity (Wildman–Crippen MR) is 84.2 cm³/mol. The highest BCUT2D eigenvalue weighted by molar-refractivity contribution is 5.77. The first kappa shape index (κ1) is 12.8. The first-order valence-corrected chi connectivity index (χ1v) is 6.96. The molecule has 3 rings (SSSR count). The van der Waals surface area contributed by atoms with E-state index in [1.165, 1.54) is 11.1 Å². The van der Waals surface area contributed by atoms with Gasteiger partial charge in [0.25, 0.3) is 0 Å². The fourth-order valence-corrected chi connectivity index (χ4v) is 2.37. The molecule has 1 N–H and O–H groups in total. The molecule has 20 heavy (non-hydrogen) atoms. The number of para-hydroxylation sites is 1. The summed E-state index contributed by atoms with van der Waals surface area (Å²) in [5.74, 6) is 0.962. The number of anilines is 1. The zero-order chi connectivity index (χ0) is 14.1. The summed E-state index contributed by atoms with van der Waals surface area (Å²) in [6, 6.07) is 16.8. The summed E-state index contributed by atoms with van der Waals surface area (Å²) in [7, 11) is 0. The number of benzene rings is 2. The lowest BCUT2D eigenvalue weighted by Gasteiger charge is -2.14. The van der Waals surface area contributed by atoms with Crippen LogP contribution in [0.3, 0.4) is 0 Å². The molecule has 0 amide bonds. The van der Waals surface area contributed by atoms with Crippen molar-refractivity contribution in [3.05, 3.63) is 65.4 Å². The maximum atomic E-state index is 5.89. The zero-order valence-electron chi connectivity index (χ0n) is 12.1. The normalized spacial score (nSPS) is 12.6. The van der Waals surface area contributed by atoms with Crippen LogP contribution in [0.4, 0.5) is 5.69 Å². The maximum Gasteiger partial charge on any atom is 0.134 e. The minimum atomic E-state index is 0.143. The van der Waals surface area contributed by atoms with Crippen LogP contribution in [0.2, 0.25) is 0 Å². The van der Waals surface area contributed by atoms with Crippen LogP contribution in [0.25, 0.3) is 11.0 Å². The van der Waals surface area contributed by atoms with Crippen LogP contribution in [0.15, 0.2) is 52.9 Å². The molecular formula is C18H19NO. The molecule has 0 aliphatic carbocycles.